The Morgan fingerprint density at radius 3 is 2.75 bits per heavy atom. The van der Waals surface area contributed by atoms with Crippen molar-refractivity contribution in [2.24, 2.45) is 5.92 Å². The molecule has 1 aromatic carbocycles. The highest BCUT2D eigenvalue weighted by molar-refractivity contribution is 5.99. The van der Waals surface area contributed by atoms with Gasteiger partial charge in [-0.15, -0.1) is 0 Å². The van der Waals surface area contributed by atoms with Gasteiger partial charge in [0, 0.05) is 24.4 Å². The zero-order valence-electron chi connectivity index (χ0n) is 17.6. The quantitative estimate of drug-likeness (QED) is 0.730. The van der Waals surface area contributed by atoms with Crippen molar-refractivity contribution in [1.82, 2.24) is 14.8 Å². The molecule has 1 fully saturated rings. The predicted molar refractivity (Wildman–Crippen MR) is 109 cm³/mol. The van der Waals surface area contributed by atoms with Crippen molar-refractivity contribution in [3.63, 3.8) is 0 Å². The van der Waals surface area contributed by atoms with Crippen LogP contribution in [0.1, 0.15) is 46.7 Å². The molecule has 0 spiro atoms. The van der Waals surface area contributed by atoms with E-state index in [9.17, 15) is 28.3 Å². The van der Waals surface area contributed by atoms with E-state index < -0.39 is 46.4 Å². The molecule has 2 N–H and O–H groups in total. The summed E-state index contributed by atoms with van der Waals surface area (Å²) in [6, 6.07) is 2.76. The van der Waals surface area contributed by atoms with Gasteiger partial charge in [0.1, 0.15) is 17.2 Å². The van der Waals surface area contributed by atoms with Gasteiger partial charge in [-0.2, -0.15) is 0 Å². The number of halogens is 2. The first-order chi connectivity index (χ1) is 15.2. The number of hydrogen-bond donors (Lipinski definition) is 2. The lowest BCUT2D eigenvalue weighted by Gasteiger charge is -2.35. The molecule has 2 amide bonds. The van der Waals surface area contributed by atoms with Gasteiger partial charge in [0.2, 0.25) is 5.43 Å². The molecule has 1 aromatic heterocycles. The van der Waals surface area contributed by atoms with Gasteiger partial charge in [-0.05, 0) is 18.4 Å². The second kappa shape index (κ2) is 8.34. The van der Waals surface area contributed by atoms with Gasteiger partial charge in [0.15, 0.2) is 17.7 Å². The van der Waals surface area contributed by atoms with Crippen LogP contribution in [0.2, 0.25) is 0 Å². The number of aromatic hydroxyl groups is 1. The Bertz CT molecular complexity index is 1150. The van der Waals surface area contributed by atoms with Crippen LogP contribution in [0.4, 0.5) is 8.78 Å². The van der Waals surface area contributed by atoms with Crippen LogP contribution < -0.4 is 10.7 Å². The molecule has 0 saturated carbocycles. The molecule has 0 radical (unpaired) electrons. The van der Waals surface area contributed by atoms with E-state index in [4.69, 9.17) is 4.74 Å². The fraction of sp³-hybridized carbons (Fsp3) is 0.409. The van der Waals surface area contributed by atoms with E-state index in [1.807, 2.05) is 13.8 Å². The minimum absolute atomic E-state index is 0.0309. The van der Waals surface area contributed by atoms with E-state index in [-0.39, 0.29) is 30.4 Å². The van der Waals surface area contributed by atoms with Crippen molar-refractivity contribution in [1.29, 1.82) is 0 Å². The highest BCUT2D eigenvalue weighted by Gasteiger charge is 2.44. The SMILES string of the molecule is CC(C)CC1CO[C@H]2Cn3cc(C(=O)NCc4ccc(F)cc4F)c(=O)c(O)c3C(=O)N12. The normalized spacial score (nSPS) is 19.8. The summed E-state index contributed by atoms with van der Waals surface area (Å²) in [4.78, 5) is 39.9. The second-order valence-corrected chi connectivity index (χ2v) is 8.42. The molecule has 2 aliphatic heterocycles. The number of pyridine rings is 1. The van der Waals surface area contributed by atoms with Crippen molar-refractivity contribution in [2.45, 2.75) is 45.6 Å². The summed E-state index contributed by atoms with van der Waals surface area (Å²) in [5.41, 5.74) is -1.55. The maximum absolute atomic E-state index is 13.8. The summed E-state index contributed by atoms with van der Waals surface area (Å²) in [5, 5.41) is 12.9. The molecule has 0 aliphatic carbocycles. The number of benzene rings is 1. The number of hydrogen-bond acceptors (Lipinski definition) is 5. The molecule has 4 rings (SSSR count). The standard InChI is InChI=1S/C22H23F2N3O5/c1-11(2)5-14-10-32-17-9-26-8-15(19(28)20(29)18(26)22(31)27(14)17)21(30)25-7-12-3-4-13(23)6-16(12)24/h3-4,6,8,11,14,17,29H,5,7,9-10H2,1-2H3,(H,25,30)/t14?,17-/m0/s1. The number of nitrogens with zero attached hydrogens (tertiary/aromatic N) is 2. The van der Waals surface area contributed by atoms with Crippen molar-refractivity contribution < 1.29 is 28.2 Å². The number of aromatic nitrogens is 1. The van der Waals surface area contributed by atoms with Crippen LogP contribution in [0.25, 0.3) is 0 Å². The van der Waals surface area contributed by atoms with E-state index >= 15 is 0 Å². The lowest BCUT2D eigenvalue weighted by Crippen LogP contribution is -2.50. The van der Waals surface area contributed by atoms with E-state index in [1.165, 1.54) is 16.8 Å². The lowest BCUT2D eigenvalue weighted by molar-refractivity contribution is 0.00518. The Kier molecular flexibility index (Phi) is 5.72. The first kappa shape index (κ1) is 21.9. The number of nitrogens with one attached hydrogen (secondary N) is 1. The Hall–Kier alpha value is -3.27. The zero-order valence-corrected chi connectivity index (χ0v) is 17.6. The molecule has 2 aromatic rings. The van der Waals surface area contributed by atoms with Crippen molar-refractivity contribution in [2.75, 3.05) is 6.61 Å². The minimum atomic E-state index is -0.999. The summed E-state index contributed by atoms with van der Waals surface area (Å²) in [6.45, 7) is 4.27. The van der Waals surface area contributed by atoms with Gasteiger partial charge in [0.25, 0.3) is 11.8 Å². The van der Waals surface area contributed by atoms with Gasteiger partial charge in [-0.1, -0.05) is 19.9 Å². The number of rotatable bonds is 5. The number of carbonyl (C=O) groups is 2. The summed E-state index contributed by atoms with van der Waals surface area (Å²) < 4.78 is 33.9. The molecule has 32 heavy (non-hydrogen) atoms. The van der Waals surface area contributed by atoms with E-state index in [1.54, 1.807) is 4.90 Å². The average molecular weight is 447 g/mol. The maximum Gasteiger partial charge on any atom is 0.276 e. The predicted octanol–water partition coefficient (Wildman–Crippen LogP) is 1.99. The van der Waals surface area contributed by atoms with Gasteiger partial charge in [0.05, 0.1) is 19.2 Å². The fourth-order valence-corrected chi connectivity index (χ4v) is 4.19. The number of carbonyl (C=O) groups excluding carboxylic acids is 2. The van der Waals surface area contributed by atoms with Crippen molar-refractivity contribution in [3.05, 3.63) is 63.1 Å². The molecule has 3 heterocycles. The van der Waals surface area contributed by atoms with Crippen LogP contribution in [-0.2, 0) is 17.8 Å². The van der Waals surface area contributed by atoms with Gasteiger partial charge in [-0.3, -0.25) is 14.4 Å². The van der Waals surface area contributed by atoms with Crippen LogP contribution >= 0.6 is 0 Å². The molecule has 2 atom stereocenters. The maximum atomic E-state index is 13.8. The second-order valence-electron chi connectivity index (χ2n) is 8.42. The molecule has 170 valence electrons. The van der Waals surface area contributed by atoms with E-state index in [0.29, 0.717) is 25.0 Å². The van der Waals surface area contributed by atoms with Crippen LogP contribution in [0.3, 0.4) is 0 Å². The van der Waals surface area contributed by atoms with Crippen LogP contribution in [0.5, 0.6) is 5.75 Å². The molecule has 2 aliphatic rings. The summed E-state index contributed by atoms with van der Waals surface area (Å²) >= 11 is 0. The molecular formula is C22H23F2N3O5. The summed E-state index contributed by atoms with van der Waals surface area (Å²) in [6.07, 6.45) is 1.35. The minimum Gasteiger partial charge on any atom is -0.503 e. The third-order valence-corrected chi connectivity index (χ3v) is 5.67. The third kappa shape index (κ3) is 3.86. The van der Waals surface area contributed by atoms with E-state index in [2.05, 4.69) is 5.32 Å². The van der Waals surface area contributed by atoms with Gasteiger partial charge < -0.3 is 24.6 Å². The molecule has 1 saturated heterocycles. The Balaban J connectivity index is 1.60. The smallest absolute Gasteiger partial charge is 0.276 e. The zero-order chi connectivity index (χ0) is 23.2. The van der Waals surface area contributed by atoms with Crippen molar-refractivity contribution >= 4 is 11.8 Å². The van der Waals surface area contributed by atoms with Crippen LogP contribution in [0, 0.1) is 17.6 Å². The topological polar surface area (TPSA) is 101 Å². The van der Waals surface area contributed by atoms with Gasteiger partial charge >= 0.3 is 0 Å². The molecular weight excluding hydrogens is 424 g/mol. The van der Waals surface area contributed by atoms with Crippen molar-refractivity contribution in [3.8, 4) is 5.75 Å². The average Bonchev–Trinajstić information content (AvgIpc) is 3.11. The molecule has 10 heteroatoms. The molecule has 0 bridgehead atoms. The number of fused-ring (bicyclic) bond motifs is 2. The highest BCUT2D eigenvalue weighted by atomic mass is 19.1. The Morgan fingerprint density at radius 1 is 1.31 bits per heavy atom. The first-order valence-electron chi connectivity index (χ1n) is 10.3. The Labute approximate surface area is 182 Å². The largest absolute Gasteiger partial charge is 0.503 e. The van der Waals surface area contributed by atoms with Crippen LogP contribution in [-0.4, -0.2) is 45.3 Å². The van der Waals surface area contributed by atoms with Gasteiger partial charge in [-0.25, -0.2) is 8.78 Å². The fourth-order valence-electron chi connectivity index (χ4n) is 4.19. The van der Waals surface area contributed by atoms with E-state index in [0.717, 1.165) is 6.07 Å². The lowest BCUT2D eigenvalue weighted by atomic mass is 10.0. The Morgan fingerprint density at radius 2 is 2.06 bits per heavy atom. The number of ether oxygens (including phenoxy) is 1. The molecule has 1 unspecified atom stereocenters. The monoisotopic (exact) mass is 447 g/mol. The molecule has 8 nitrogen and oxygen atoms in total. The summed E-state index contributed by atoms with van der Waals surface area (Å²) in [7, 11) is 0. The van der Waals surface area contributed by atoms with Crippen LogP contribution in [0.15, 0.2) is 29.2 Å². The third-order valence-electron chi connectivity index (χ3n) is 5.67. The highest BCUT2D eigenvalue weighted by Crippen LogP contribution is 2.31. The summed E-state index contributed by atoms with van der Waals surface area (Å²) in [5.74, 6) is -3.47. The number of amides is 2. The first-order valence-corrected chi connectivity index (χ1v) is 10.3.